The van der Waals surface area contributed by atoms with Crippen molar-refractivity contribution in [2.24, 2.45) is 0 Å². The number of benzene rings is 1. The van der Waals surface area contributed by atoms with Crippen LogP contribution in [0.4, 0.5) is 5.69 Å². The number of nitrogens with zero attached hydrogens (tertiary/aromatic N) is 4. The molecule has 23 heavy (non-hydrogen) atoms. The quantitative estimate of drug-likeness (QED) is 0.711. The van der Waals surface area contributed by atoms with Gasteiger partial charge in [-0.25, -0.2) is 0 Å². The fourth-order valence-electron chi connectivity index (χ4n) is 1.76. The van der Waals surface area contributed by atoms with Gasteiger partial charge < -0.3 is 5.32 Å². The minimum atomic E-state index is -0.350. The first-order chi connectivity index (χ1) is 11.0. The third kappa shape index (κ3) is 3.69. The van der Waals surface area contributed by atoms with Crippen LogP contribution in [-0.2, 0) is 4.79 Å². The van der Waals surface area contributed by atoms with Gasteiger partial charge in [0.25, 0.3) is 5.56 Å². The molecular formula is C13H10ClN5O2S2. The third-order valence-electron chi connectivity index (χ3n) is 2.86. The van der Waals surface area contributed by atoms with Crippen LogP contribution < -0.4 is 10.9 Å². The van der Waals surface area contributed by atoms with Crippen molar-refractivity contribution in [3.8, 4) is 0 Å². The fraction of sp³-hybridized carbons (Fsp3) is 0.154. The molecule has 0 fully saturated rings. The predicted octanol–water partition coefficient (Wildman–Crippen LogP) is 2.24. The number of aryl methyl sites for hydroxylation is 1. The number of anilines is 1. The zero-order valence-corrected chi connectivity index (χ0v) is 14.2. The van der Waals surface area contributed by atoms with Gasteiger partial charge in [-0.15, -0.1) is 10.2 Å². The van der Waals surface area contributed by atoms with E-state index in [0.29, 0.717) is 20.0 Å². The number of hydrogen-bond donors (Lipinski definition) is 1. The molecular weight excluding hydrogens is 358 g/mol. The largest absolute Gasteiger partial charge is 0.325 e. The molecule has 118 valence electrons. The van der Waals surface area contributed by atoms with Crippen molar-refractivity contribution in [1.82, 2.24) is 19.8 Å². The number of thioether (sulfide) groups is 1. The first-order valence-corrected chi connectivity index (χ1v) is 8.61. The minimum absolute atomic E-state index is 0.161. The fourth-order valence-corrected chi connectivity index (χ4v) is 3.61. The van der Waals surface area contributed by atoms with Crippen molar-refractivity contribution >= 4 is 51.3 Å². The molecule has 3 aromatic rings. The first kappa shape index (κ1) is 15.9. The molecule has 0 saturated carbocycles. The Morgan fingerprint density at radius 3 is 3.09 bits per heavy atom. The summed E-state index contributed by atoms with van der Waals surface area (Å²) < 4.78 is 1.74. The Morgan fingerprint density at radius 2 is 2.30 bits per heavy atom. The van der Waals surface area contributed by atoms with Crippen molar-refractivity contribution in [3.63, 3.8) is 0 Å². The van der Waals surface area contributed by atoms with Gasteiger partial charge in [-0.1, -0.05) is 40.8 Å². The SMILES string of the molecule is Cc1ccc(Cl)cc1NC(=O)CSc1nn2c(=O)cnnc2s1. The van der Waals surface area contributed by atoms with E-state index in [4.69, 9.17) is 11.6 Å². The standard InChI is InChI=1S/C13H10ClN5O2S2/c1-7-2-3-8(14)4-9(7)16-10(20)6-22-13-18-19-11(21)5-15-17-12(19)23-13/h2-5H,6H2,1H3,(H,16,20). The molecule has 2 aromatic heterocycles. The van der Waals surface area contributed by atoms with Crippen molar-refractivity contribution in [2.45, 2.75) is 11.3 Å². The zero-order valence-electron chi connectivity index (χ0n) is 11.8. The summed E-state index contributed by atoms with van der Waals surface area (Å²) in [6, 6.07) is 5.30. The number of amides is 1. The Labute approximate surface area is 143 Å². The second-order valence-electron chi connectivity index (χ2n) is 4.54. The highest BCUT2D eigenvalue weighted by Gasteiger charge is 2.11. The number of nitrogens with one attached hydrogen (secondary N) is 1. The second-order valence-corrected chi connectivity index (χ2v) is 7.16. The van der Waals surface area contributed by atoms with Crippen LogP contribution >= 0.6 is 34.7 Å². The van der Waals surface area contributed by atoms with Crippen molar-refractivity contribution in [3.05, 3.63) is 45.3 Å². The van der Waals surface area contributed by atoms with E-state index in [1.807, 2.05) is 13.0 Å². The molecule has 0 spiro atoms. The number of carbonyl (C=O) groups excluding carboxylic acids is 1. The van der Waals surface area contributed by atoms with E-state index in [1.165, 1.54) is 27.6 Å². The van der Waals surface area contributed by atoms with E-state index in [9.17, 15) is 9.59 Å². The maximum absolute atomic E-state index is 12.0. The maximum Gasteiger partial charge on any atom is 0.293 e. The number of carbonyl (C=O) groups is 1. The van der Waals surface area contributed by atoms with Crippen LogP contribution in [0.1, 0.15) is 5.56 Å². The highest BCUT2D eigenvalue weighted by molar-refractivity contribution is 8.01. The van der Waals surface area contributed by atoms with Gasteiger partial charge in [-0.3, -0.25) is 9.59 Å². The van der Waals surface area contributed by atoms with Gasteiger partial charge in [0.15, 0.2) is 4.34 Å². The lowest BCUT2D eigenvalue weighted by atomic mass is 10.2. The van der Waals surface area contributed by atoms with E-state index < -0.39 is 0 Å². The molecule has 1 amide bonds. The Bertz CT molecular complexity index is 940. The average molecular weight is 368 g/mol. The van der Waals surface area contributed by atoms with Crippen LogP contribution in [0.2, 0.25) is 5.02 Å². The molecule has 0 unspecified atom stereocenters. The topological polar surface area (TPSA) is 89.3 Å². The van der Waals surface area contributed by atoms with Crippen LogP contribution in [-0.4, -0.2) is 31.5 Å². The summed E-state index contributed by atoms with van der Waals surface area (Å²) >= 11 is 8.36. The summed E-state index contributed by atoms with van der Waals surface area (Å²) in [5, 5.41) is 14.9. The van der Waals surface area contributed by atoms with Crippen LogP contribution in [0, 0.1) is 6.92 Å². The molecule has 0 saturated heterocycles. The van der Waals surface area contributed by atoms with Crippen LogP contribution in [0.15, 0.2) is 33.5 Å². The van der Waals surface area contributed by atoms with Gasteiger partial charge in [0.1, 0.15) is 6.20 Å². The molecule has 0 atom stereocenters. The van der Waals surface area contributed by atoms with Gasteiger partial charge in [-0.05, 0) is 24.6 Å². The lowest BCUT2D eigenvalue weighted by Crippen LogP contribution is -2.15. The smallest absolute Gasteiger partial charge is 0.293 e. The van der Waals surface area contributed by atoms with Crippen molar-refractivity contribution in [1.29, 1.82) is 0 Å². The molecule has 7 nitrogen and oxygen atoms in total. The summed E-state index contributed by atoms with van der Waals surface area (Å²) in [6.07, 6.45) is 1.09. The monoisotopic (exact) mass is 367 g/mol. The van der Waals surface area contributed by atoms with Crippen molar-refractivity contribution in [2.75, 3.05) is 11.1 Å². The summed E-state index contributed by atoms with van der Waals surface area (Å²) in [6.45, 7) is 1.89. The lowest BCUT2D eigenvalue weighted by molar-refractivity contribution is -0.113. The van der Waals surface area contributed by atoms with Gasteiger partial charge in [0.05, 0.1) is 5.75 Å². The third-order valence-corrected chi connectivity index (χ3v) is 5.13. The molecule has 0 radical (unpaired) electrons. The van der Waals surface area contributed by atoms with Gasteiger partial charge >= 0.3 is 0 Å². The molecule has 10 heteroatoms. The normalized spacial score (nSPS) is 10.9. The van der Waals surface area contributed by atoms with E-state index in [0.717, 1.165) is 11.8 Å². The van der Waals surface area contributed by atoms with E-state index >= 15 is 0 Å². The summed E-state index contributed by atoms with van der Waals surface area (Å²) in [7, 11) is 0. The average Bonchev–Trinajstić information content (AvgIpc) is 2.94. The minimum Gasteiger partial charge on any atom is -0.325 e. The summed E-state index contributed by atoms with van der Waals surface area (Å²) in [5.41, 5.74) is 1.25. The molecule has 0 aliphatic heterocycles. The Hall–Kier alpha value is -1.97. The number of hydrogen-bond acceptors (Lipinski definition) is 7. The predicted molar refractivity (Wildman–Crippen MR) is 90.5 cm³/mol. The van der Waals surface area contributed by atoms with Crippen LogP contribution in [0.5, 0.6) is 0 Å². The molecule has 0 bridgehead atoms. The number of halogens is 1. The highest BCUT2D eigenvalue weighted by Crippen LogP contribution is 2.24. The lowest BCUT2D eigenvalue weighted by Gasteiger charge is -2.07. The first-order valence-electron chi connectivity index (χ1n) is 6.43. The Morgan fingerprint density at radius 1 is 1.48 bits per heavy atom. The van der Waals surface area contributed by atoms with E-state index in [-0.39, 0.29) is 17.2 Å². The zero-order chi connectivity index (χ0) is 16.4. The van der Waals surface area contributed by atoms with Gasteiger partial charge in [0.2, 0.25) is 10.9 Å². The number of aromatic nitrogens is 4. The Balaban J connectivity index is 1.67. The maximum atomic E-state index is 12.0. The Kier molecular flexibility index (Phi) is 4.60. The molecule has 2 heterocycles. The number of rotatable bonds is 4. The number of fused-ring (bicyclic) bond motifs is 1. The summed E-state index contributed by atoms with van der Waals surface area (Å²) in [5.74, 6) is -0.0217. The molecule has 1 aromatic carbocycles. The second kappa shape index (κ2) is 6.65. The van der Waals surface area contributed by atoms with Crippen LogP contribution in [0.3, 0.4) is 0 Å². The molecule has 0 aliphatic carbocycles. The molecule has 1 N–H and O–H groups in total. The van der Waals surface area contributed by atoms with Gasteiger partial charge in [-0.2, -0.15) is 9.61 Å². The summed E-state index contributed by atoms with van der Waals surface area (Å²) in [4.78, 5) is 24.0. The molecule has 0 aliphatic rings. The van der Waals surface area contributed by atoms with Gasteiger partial charge in [0, 0.05) is 10.7 Å². The van der Waals surface area contributed by atoms with Crippen molar-refractivity contribution < 1.29 is 4.79 Å². The highest BCUT2D eigenvalue weighted by atomic mass is 35.5. The van der Waals surface area contributed by atoms with E-state index in [1.54, 1.807) is 12.1 Å². The van der Waals surface area contributed by atoms with E-state index in [2.05, 4.69) is 20.6 Å². The van der Waals surface area contributed by atoms with Crippen LogP contribution in [0.25, 0.3) is 4.96 Å². The molecule has 3 rings (SSSR count).